The highest BCUT2D eigenvalue weighted by Gasteiger charge is 2.27. The quantitative estimate of drug-likeness (QED) is 0.730. The maximum Gasteiger partial charge on any atom is 0.243 e. The highest BCUT2D eigenvalue weighted by Crippen LogP contribution is 2.32. The number of amides is 1. The van der Waals surface area contributed by atoms with E-state index in [9.17, 15) is 13.2 Å². The minimum atomic E-state index is -3.49. The van der Waals surface area contributed by atoms with Crippen molar-refractivity contribution in [2.75, 3.05) is 39.4 Å². The summed E-state index contributed by atoms with van der Waals surface area (Å²) < 4.78 is 32.0. The lowest BCUT2D eigenvalue weighted by molar-refractivity contribution is -0.123. The first-order valence-corrected chi connectivity index (χ1v) is 12.5. The molecule has 1 saturated heterocycles. The van der Waals surface area contributed by atoms with E-state index < -0.39 is 10.0 Å². The lowest BCUT2D eigenvalue weighted by Crippen LogP contribution is -2.41. The molecular weight excluding hydrogens is 422 g/mol. The average Bonchev–Trinajstić information content (AvgIpc) is 3.25. The molecule has 30 heavy (non-hydrogen) atoms. The number of morpholine rings is 1. The number of sulfonamides is 1. The number of nitrogens with one attached hydrogen (secondary N) is 1. The third kappa shape index (κ3) is 4.60. The van der Waals surface area contributed by atoms with Gasteiger partial charge in [-0.1, -0.05) is 12.1 Å². The van der Waals surface area contributed by atoms with Gasteiger partial charge in [0.05, 0.1) is 24.7 Å². The highest BCUT2D eigenvalue weighted by atomic mass is 32.2. The van der Waals surface area contributed by atoms with E-state index in [1.165, 1.54) is 14.7 Å². The molecular formula is C21H27N3O4S2. The van der Waals surface area contributed by atoms with E-state index in [-0.39, 0.29) is 16.8 Å². The zero-order chi connectivity index (χ0) is 21.1. The summed E-state index contributed by atoms with van der Waals surface area (Å²) in [5, 5.41) is 5.07. The Balaban J connectivity index is 1.30. The summed E-state index contributed by atoms with van der Waals surface area (Å²) in [5.74, 6) is -0.0226. The number of carbonyl (C=O) groups excluding carboxylic acids is 1. The number of fused-ring (bicyclic) bond motifs is 1. The summed E-state index contributed by atoms with van der Waals surface area (Å²) in [6.07, 6.45) is 0.990. The van der Waals surface area contributed by atoms with Gasteiger partial charge in [0.15, 0.2) is 0 Å². The van der Waals surface area contributed by atoms with Crippen LogP contribution in [0.1, 0.15) is 29.0 Å². The van der Waals surface area contributed by atoms with E-state index in [2.05, 4.69) is 28.6 Å². The number of hydrogen-bond donors (Lipinski definition) is 1. The molecule has 7 nitrogen and oxygen atoms in total. The van der Waals surface area contributed by atoms with Crippen LogP contribution in [0, 0.1) is 0 Å². The molecule has 3 heterocycles. The van der Waals surface area contributed by atoms with E-state index in [0.29, 0.717) is 39.4 Å². The molecule has 1 aromatic heterocycles. The second kappa shape index (κ2) is 9.15. The van der Waals surface area contributed by atoms with Gasteiger partial charge in [0.25, 0.3) is 0 Å². The predicted molar refractivity (Wildman–Crippen MR) is 116 cm³/mol. The Morgan fingerprint density at radius 1 is 1.17 bits per heavy atom. The van der Waals surface area contributed by atoms with Crippen molar-refractivity contribution in [2.45, 2.75) is 30.8 Å². The third-order valence-corrected chi connectivity index (χ3v) is 8.68. The van der Waals surface area contributed by atoms with Crippen molar-refractivity contribution in [3.05, 3.63) is 51.7 Å². The van der Waals surface area contributed by atoms with Crippen LogP contribution in [0.15, 0.2) is 40.6 Å². The molecule has 2 aromatic rings. The minimum absolute atomic E-state index is 0.0226. The van der Waals surface area contributed by atoms with Crippen LogP contribution in [0.25, 0.3) is 0 Å². The fraction of sp³-hybridized carbons (Fsp3) is 0.476. The first-order valence-electron chi connectivity index (χ1n) is 10.2. The van der Waals surface area contributed by atoms with Gasteiger partial charge in [-0.2, -0.15) is 4.31 Å². The first kappa shape index (κ1) is 21.5. The summed E-state index contributed by atoms with van der Waals surface area (Å²) in [7, 11) is -3.49. The van der Waals surface area contributed by atoms with Crippen molar-refractivity contribution in [1.82, 2.24) is 14.5 Å². The summed E-state index contributed by atoms with van der Waals surface area (Å²) in [6, 6.07) is 9.13. The van der Waals surface area contributed by atoms with Gasteiger partial charge < -0.3 is 10.1 Å². The van der Waals surface area contributed by atoms with Crippen LogP contribution in [-0.4, -0.2) is 62.9 Å². The molecule has 0 bridgehead atoms. The molecule has 1 N–H and O–H groups in total. The average molecular weight is 450 g/mol. The molecule has 4 rings (SSSR count). The Hall–Kier alpha value is -1.78. The van der Waals surface area contributed by atoms with Crippen molar-refractivity contribution in [3.8, 4) is 0 Å². The topological polar surface area (TPSA) is 79.0 Å². The standard InChI is InChI=1S/C21H27N3O4S2/c1-16-19-7-13-29-20(19)6-8-23(16)15-21(25)22-14-17-2-4-18(5-3-17)30(26,27)24-9-11-28-12-10-24/h2-5,7,13,16H,6,8-12,14-15H2,1H3,(H,22,25). The van der Waals surface area contributed by atoms with Crippen LogP contribution in [0.2, 0.25) is 0 Å². The monoisotopic (exact) mass is 449 g/mol. The molecule has 1 atom stereocenters. The maximum atomic E-state index is 12.7. The van der Waals surface area contributed by atoms with Crippen LogP contribution < -0.4 is 5.32 Å². The largest absolute Gasteiger partial charge is 0.379 e. The zero-order valence-corrected chi connectivity index (χ0v) is 18.7. The van der Waals surface area contributed by atoms with E-state index in [4.69, 9.17) is 4.74 Å². The number of ether oxygens (including phenoxy) is 1. The second-order valence-corrected chi connectivity index (χ2v) is 10.6. The molecule has 0 spiro atoms. The number of nitrogens with zero attached hydrogens (tertiary/aromatic N) is 2. The summed E-state index contributed by atoms with van der Waals surface area (Å²) in [4.78, 5) is 16.3. The maximum absolute atomic E-state index is 12.7. The van der Waals surface area contributed by atoms with Crippen molar-refractivity contribution in [2.24, 2.45) is 0 Å². The van der Waals surface area contributed by atoms with Gasteiger partial charge in [-0.25, -0.2) is 8.42 Å². The normalized spacial score (nSPS) is 20.6. The molecule has 0 radical (unpaired) electrons. The van der Waals surface area contributed by atoms with E-state index >= 15 is 0 Å². The number of thiophene rings is 1. The van der Waals surface area contributed by atoms with Gasteiger partial charge in [-0.3, -0.25) is 9.69 Å². The van der Waals surface area contributed by atoms with Crippen LogP contribution in [0.5, 0.6) is 0 Å². The van der Waals surface area contributed by atoms with Gasteiger partial charge in [0.2, 0.25) is 15.9 Å². The Morgan fingerprint density at radius 2 is 1.90 bits per heavy atom. The van der Waals surface area contributed by atoms with Crippen LogP contribution >= 0.6 is 11.3 Å². The van der Waals surface area contributed by atoms with E-state index in [1.807, 2.05) is 0 Å². The molecule has 0 aliphatic carbocycles. The van der Waals surface area contributed by atoms with Gasteiger partial charge in [0.1, 0.15) is 0 Å². The zero-order valence-electron chi connectivity index (χ0n) is 17.0. The number of hydrogen-bond acceptors (Lipinski definition) is 6. The number of carbonyl (C=O) groups is 1. The van der Waals surface area contributed by atoms with Gasteiger partial charge in [0, 0.05) is 37.1 Å². The molecule has 1 unspecified atom stereocenters. The molecule has 0 saturated carbocycles. The summed E-state index contributed by atoms with van der Waals surface area (Å²) in [6.45, 7) is 5.37. The summed E-state index contributed by atoms with van der Waals surface area (Å²) in [5.41, 5.74) is 2.20. The molecule has 1 amide bonds. The van der Waals surface area contributed by atoms with Gasteiger partial charge in [-0.05, 0) is 48.1 Å². The molecule has 1 aromatic carbocycles. The van der Waals surface area contributed by atoms with Crippen molar-refractivity contribution >= 4 is 27.3 Å². The fourth-order valence-electron chi connectivity index (χ4n) is 3.93. The molecule has 162 valence electrons. The Bertz CT molecular complexity index is 982. The predicted octanol–water partition coefficient (Wildman–Crippen LogP) is 2.00. The fourth-order valence-corrected chi connectivity index (χ4v) is 6.30. The third-order valence-electron chi connectivity index (χ3n) is 5.77. The Labute approximate surface area is 181 Å². The van der Waals surface area contributed by atoms with Crippen LogP contribution in [0.4, 0.5) is 0 Å². The molecule has 2 aliphatic heterocycles. The Kier molecular flexibility index (Phi) is 6.54. The second-order valence-electron chi connectivity index (χ2n) is 7.63. The van der Waals surface area contributed by atoms with Crippen molar-refractivity contribution in [3.63, 3.8) is 0 Å². The van der Waals surface area contributed by atoms with E-state index in [1.54, 1.807) is 35.6 Å². The molecule has 1 fully saturated rings. The molecule has 9 heteroatoms. The lowest BCUT2D eigenvalue weighted by atomic mass is 10.0. The summed E-state index contributed by atoms with van der Waals surface area (Å²) >= 11 is 1.79. The number of rotatable bonds is 6. The van der Waals surface area contributed by atoms with Gasteiger partial charge >= 0.3 is 0 Å². The molecule has 2 aliphatic rings. The van der Waals surface area contributed by atoms with Crippen LogP contribution in [0.3, 0.4) is 0 Å². The van der Waals surface area contributed by atoms with E-state index in [0.717, 1.165) is 18.5 Å². The minimum Gasteiger partial charge on any atom is -0.379 e. The lowest BCUT2D eigenvalue weighted by Gasteiger charge is -2.32. The van der Waals surface area contributed by atoms with Gasteiger partial charge in [-0.15, -0.1) is 11.3 Å². The first-order chi connectivity index (χ1) is 14.4. The Morgan fingerprint density at radius 3 is 2.63 bits per heavy atom. The van der Waals surface area contributed by atoms with Crippen molar-refractivity contribution in [1.29, 1.82) is 0 Å². The highest BCUT2D eigenvalue weighted by molar-refractivity contribution is 7.89. The smallest absolute Gasteiger partial charge is 0.243 e. The SMILES string of the molecule is CC1c2ccsc2CCN1CC(=O)NCc1ccc(S(=O)(=O)N2CCOCC2)cc1. The number of benzene rings is 1. The van der Waals surface area contributed by atoms with Crippen LogP contribution in [-0.2, 0) is 32.5 Å². The van der Waals surface area contributed by atoms with Crippen molar-refractivity contribution < 1.29 is 17.9 Å².